The summed E-state index contributed by atoms with van der Waals surface area (Å²) in [5.74, 6) is 0.141. The average molecular weight is 317 g/mol. The molecule has 0 fully saturated rings. The van der Waals surface area contributed by atoms with Crippen molar-refractivity contribution in [3.63, 3.8) is 0 Å². The van der Waals surface area contributed by atoms with Crippen molar-refractivity contribution >= 4 is 23.7 Å². The molecule has 0 radical (unpaired) electrons. The molecule has 0 aromatic heterocycles. The van der Waals surface area contributed by atoms with Gasteiger partial charge in [0.25, 0.3) is 0 Å². The van der Waals surface area contributed by atoms with Crippen molar-refractivity contribution in [1.29, 1.82) is 0 Å². The Morgan fingerprint density at radius 2 is 1.55 bits per heavy atom. The molecule has 0 spiro atoms. The maximum absolute atomic E-state index is 11.7. The van der Waals surface area contributed by atoms with E-state index in [9.17, 15) is 19.2 Å². The second-order valence-electron chi connectivity index (χ2n) is 4.52. The fourth-order valence-electron chi connectivity index (χ4n) is 1.77. The highest BCUT2D eigenvalue weighted by Crippen LogP contribution is 2.12. The van der Waals surface area contributed by atoms with Crippen molar-refractivity contribution < 1.29 is 34.5 Å². The number of carboxylic acid groups (broad SMARTS) is 3. The Labute approximate surface area is 126 Å². The minimum Gasteiger partial charge on any atom is -0.480 e. The molecule has 2 atom stereocenters. The van der Waals surface area contributed by atoms with Crippen LogP contribution >= 0.6 is 0 Å². The van der Waals surface area contributed by atoms with E-state index in [1.807, 2.05) is 0 Å². The van der Waals surface area contributed by atoms with Crippen LogP contribution in [0.3, 0.4) is 0 Å². The Hall–Kier alpha value is -2.30. The van der Waals surface area contributed by atoms with Gasteiger partial charge in [0.05, 0.1) is 6.04 Å². The van der Waals surface area contributed by atoms with Crippen molar-refractivity contribution in [3.05, 3.63) is 12.7 Å². The number of carboxylic acids is 3. The molecule has 0 aromatic carbocycles. The number of hydrogen-bond donors (Lipinski definition) is 5. The molecule has 0 bridgehead atoms. The van der Waals surface area contributed by atoms with Gasteiger partial charge in [0.1, 0.15) is 6.04 Å². The van der Waals surface area contributed by atoms with Gasteiger partial charge >= 0.3 is 17.9 Å². The van der Waals surface area contributed by atoms with Gasteiger partial charge in [-0.3, -0.25) is 15.4 Å². The Bertz CT molecular complexity index is 452. The fraction of sp³-hybridized carbons (Fsp3) is 0.500. The standard InChI is InChI=1S/C12H19N3O7/c1-2-8(16)7(5-3-4-6(13)10(17)18)15(14)9(11(19)20)12(21)22/h2,6-7,9H,1,3-5,13-14H2,(H,17,18)(H,19,20)(H,21,22)/t6-,7?/m0/s1. The minimum absolute atomic E-state index is 0.0227. The molecule has 0 aliphatic carbocycles. The zero-order chi connectivity index (χ0) is 17.4. The first-order valence-electron chi connectivity index (χ1n) is 6.26. The Morgan fingerprint density at radius 1 is 1.05 bits per heavy atom. The Balaban J connectivity index is 5.01. The monoisotopic (exact) mass is 317 g/mol. The largest absolute Gasteiger partial charge is 0.480 e. The van der Waals surface area contributed by atoms with E-state index in [0.717, 1.165) is 6.08 Å². The van der Waals surface area contributed by atoms with Crippen LogP contribution in [0.2, 0.25) is 0 Å². The summed E-state index contributed by atoms with van der Waals surface area (Å²) in [5, 5.41) is 26.8. The highest BCUT2D eigenvalue weighted by Gasteiger charge is 2.37. The number of aliphatic carboxylic acids is 3. The van der Waals surface area contributed by atoms with Crippen LogP contribution in [0.5, 0.6) is 0 Å². The van der Waals surface area contributed by atoms with Crippen LogP contribution < -0.4 is 11.6 Å². The van der Waals surface area contributed by atoms with E-state index in [0.29, 0.717) is 5.01 Å². The fourth-order valence-corrected chi connectivity index (χ4v) is 1.77. The number of carbonyl (C=O) groups is 4. The number of hydrogen-bond acceptors (Lipinski definition) is 7. The van der Waals surface area contributed by atoms with Crippen molar-refractivity contribution in [1.82, 2.24) is 5.01 Å². The third kappa shape index (κ3) is 5.60. The molecule has 22 heavy (non-hydrogen) atoms. The summed E-state index contributed by atoms with van der Waals surface area (Å²) in [6, 6.07) is -4.50. The predicted octanol–water partition coefficient (Wildman–Crippen LogP) is -1.59. The zero-order valence-corrected chi connectivity index (χ0v) is 11.7. The summed E-state index contributed by atoms with van der Waals surface area (Å²) in [5.41, 5.74) is 5.31. The van der Waals surface area contributed by atoms with Gasteiger partial charge in [-0.05, 0) is 25.3 Å². The highest BCUT2D eigenvalue weighted by molar-refractivity contribution is 5.99. The molecular weight excluding hydrogens is 298 g/mol. The van der Waals surface area contributed by atoms with Crippen molar-refractivity contribution in [2.45, 2.75) is 37.4 Å². The maximum atomic E-state index is 11.7. The molecule has 0 aliphatic heterocycles. The summed E-state index contributed by atoms with van der Waals surface area (Å²) in [6.07, 6.45) is 0.994. The second kappa shape index (κ2) is 8.87. The predicted molar refractivity (Wildman–Crippen MR) is 73.5 cm³/mol. The van der Waals surface area contributed by atoms with E-state index in [4.69, 9.17) is 26.9 Å². The van der Waals surface area contributed by atoms with Crippen LogP contribution in [-0.4, -0.2) is 62.1 Å². The molecule has 0 saturated heterocycles. The molecule has 0 aliphatic rings. The van der Waals surface area contributed by atoms with Gasteiger partial charge in [-0.1, -0.05) is 6.58 Å². The van der Waals surface area contributed by atoms with Crippen LogP contribution in [0.4, 0.5) is 0 Å². The lowest BCUT2D eigenvalue weighted by Gasteiger charge is -2.28. The molecule has 0 rings (SSSR count). The van der Waals surface area contributed by atoms with E-state index < -0.39 is 41.8 Å². The number of rotatable bonds is 11. The third-order valence-corrected chi connectivity index (χ3v) is 2.97. The van der Waals surface area contributed by atoms with Crippen LogP contribution in [0.25, 0.3) is 0 Å². The molecule has 0 saturated carbocycles. The molecule has 124 valence electrons. The highest BCUT2D eigenvalue weighted by atomic mass is 16.4. The van der Waals surface area contributed by atoms with E-state index in [1.165, 1.54) is 0 Å². The van der Waals surface area contributed by atoms with Gasteiger partial charge in [0.2, 0.25) is 6.04 Å². The molecule has 0 heterocycles. The van der Waals surface area contributed by atoms with Gasteiger partial charge in [-0.2, -0.15) is 0 Å². The summed E-state index contributed by atoms with van der Waals surface area (Å²) in [4.78, 5) is 44.2. The molecule has 7 N–H and O–H groups in total. The van der Waals surface area contributed by atoms with Crippen LogP contribution in [-0.2, 0) is 19.2 Å². The normalized spacial score (nSPS) is 13.6. The molecule has 0 aromatic rings. The van der Waals surface area contributed by atoms with Gasteiger partial charge in [0, 0.05) is 0 Å². The average Bonchev–Trinajstić information content (AvgIpc) is 2.41. The molecular formula is C12H19N3O7. The molecule has 10 heteroatoms. The van der Waals surface area contributed by atoms with Crippen molar-refractivity contribution in [2.75, 3.05) is 0 Å². The second-order valence-corrected chi connectivity index (χ2v) is 4.52. The molecule has 0 amide bonds. The van der Waals surface area contributed by atoms with E-state index >= 15 is 0 Å². The van der Waals surface area contributed by atoms with Crippen LogP contribution in [0.1, 0.15) is 19.3 Å². The quantitative estimate of drug-likeness (QED) is 0.129. The van der Waals surface area contributed by atoms with Gasteiger partial charge in [0.15, 0.2) is 5.78 Å². The van der Waals surface area contributed by atoms with Gasteiger partial charge in [-0.15, -0.1) is 0 Å². The number of hydrazine groups is 1. The maximum Gasteiger partial charge on any atom is 0.334 e. The van der Waals surface area contributed by atoms with Crippen molar-refractivity contribution in [3.8, 4) is 0 Å². The Morgan fingerprint density at radius 3 is 1.91 bits per heavy atom. The number of ketones is 1. The topological polar surface area (TPSA) is 184 Å². The zero-order valence-electron chi connectivity index (χ0n) is 11.7. The third-order valence-electron chi connectivity index (χ3n) is 2.97. The van der Waals surface area contributed by atoms with E-state index in [2.05, 4.69) is 6.58 Å². The molecule has 10 nitrogen and oxygen atoms in total. The molecule has 1 unspecified atom stereocenters. The summed E-state index contributed by atoms with van der Waals surface area (Å²) >= 11 is 0. The SMILES string of the molecule is C=CC(=O)C(CCC[C@H](N)C(=O)O)N(N)C(C(=O)O)C(=O)O. The minimum atomic E-state index is -2.11. The smallest absolute Gasteiger partial charge is 0.334 e. The lowest BCUT2D eigenvalue weighted by atomic mass is 10.0. The van der Waals surface area contributed by atoms with Gasteiger partial charge < -0.3 is 21.1 Å². The van der Waals surface area contributed by atoms with Crippen LogP contribution in [0.15, 0.2) is 12.7 Å². The number of nitrogens with two attached hydrogens (primary N) is 2. The lowest BCUT2D eigenvalue weighted by Crippen LogP contribution is -2.57. The van der Waals surface area contributed by atoms with Crippen LogP contribution in [0, 0.1) is 0 Å². The van der Waals surface area contributed by atoms with Crippen molar-refractivity contribution in [2.24, 2.45) is 11.6 Å². The Kier molecular flexibility index (Phi) is 7.94. The summed E-state index contributed by atoms with van der Waals surface area (Å²) in [7, 11) is 0. The van der Waals surface area contributed by atoms with E-state index in [1.54, 1.807) is 0 Å². The van der Waals surface area contributed by atoms with Gasteiger partial charge in [-0.25, -0.2) is 14.6 Å². The first-order valence-corrected chi connectivity index (χ1v) is 6.26. The number of carbonyl (C=O) groups excluding carboxylic acids is 1. The lowest BCUT2D eigenvalue weighted by molar-refractivity contribution is -0.158. The number of nitrogens with zero attached hydrogens (tertiary/aromatic N) is 1. The summed E-state index contributed by atoms with van der Waals surface area (Å²) in [6.45, 7) is 3.24. The van der Waals surface area contributed by atoms with E-state index in [-0.39, 0.29) is 19.3 Å². The first-order chi connectivity index (χ1) is 10.1. The summed E-state index contributed by atoms with van der Waals surface area (Å²) < 4.78 is 0. The first kappa shape index (κ1) is 19.7.